The molecule has 1 heterocycles. The molecule has 114 valence electrons. The number of nitrogens with zero attached hydrogens (tertiary/aromatic N) is 2. The molecule has 0 radical (unpaired) electrons. The van der Waals surface area contributed by atoms with Gasteiger partial charge in [0.05, 0.1) is 5.69 Å². The molecule has 0 spiro atoms. The molecule has 1 aromatic heterocycles. The van der Waals surface area contributed by atoms with Crippen molar-refractivity contribution in [3.8, 4) is 0 Å². The van der Waals surface area contributed by atoms with E-state index in [0.29, 0.717) is 6.04 Å². The van der Waals surface area contributed by atoms with Gasteiger partial charge in [0.25, 0.3) is 0 Å². The third-order valence-corrected chi connectivity index (χ3v) is 4.82. The minimum Gasteiger partial charge on any atom is -0.347 e. The van der Waals surface area contributed by atoms with Gasteiger partial charge in [-0.15, -0.1) is 11.3 Å². The van der Waals surface area contributed by atoms with E-state index in [9.17, 15) is 0 Å². The molecular weight excluding hydrogens is 278 g/mol. The average Bonchev–Trinajstić information content (AvgIpc) is 2.80. The minimum atomic E-state index is 0.500. The van der Waals surface area contributed by atoms with E-state index in [1.165, 1.54) is 16.0 Å². The second-order valence-corrected chi connectivity index (χ2v) is 6.89. The first kappa shape index (κ1) is 16.0. The predicted molar refractivity (Wildman–Crippen MR) is 92.1 cm³/mol. The summed E-state index contributed by atoms with van der Waals surface area (Å²) >= 11 is 1.79. The van der Waals surface area contributed by atoms with Crippen molar-refractivity contribution in [1.82, 2.24) is 10.3 Å². The van der Waals surface area contributed by atoms with Gasteiger partial charge in [0.1, 0.15) is 0 Å². The van der Waals surface area contributed by atoms with Crippen molar-refractivity contribution in [3.05, 3.63) is 46.0 Å². The summed E-state index contributed by atoms with van der Waals surface area (Å²) in [5.41, 5.74) is 3.83. The zero-order valence-electron chi connectivity index (χ0n) is 13.6. The number of benzene rings is 1. The highest BCUT2D eigenvalue weighted by molar-refractivity contribution is 7.15. The molecule has 0 bridgehead atoms. The molecule has 4 heteroatoms. The molecular formula is C17H25N3S. The van der Waals surface area contributed by atoms with Crippen LogP contribution < -0.4 is 10.2 Å². The summed E-state index contributed by atoms with van der Waals surface area (Å²) in [6.07, 6.45) is 0. The lowest BCUT2D eigenvalue weighted by atomic mass is 10.1. The molecule has 1 aromatic carbocycles. The summed E-state index contributed by atoms with van der Waals surface area (Å²) in [7, 11) is 2.12. The highest BCUT2D eigenvalue weighted by Crippen LogP contribution is 2.26. The Kier molecular flexibility index (Phi) is 5.37. The molecule has 0 aliphatic heterocycles. The van der Waals surface area contributed by atoms with E-state index in [0.717, 1.165) is 23.9 Å². The Morgan fingerprint density at radius 1 is 1.24 bits per heavy atom. The van der Waals surface area contributed by atoms with Crippen LogP contribution in [0.3, 0.4) is 0 Å². The summed E-state index contributed by atoms with van der Waals surface area (Å²) in [4.78, 5) is 8.28. The van der Waals surface area contributed by atoms with Crippen molar-refractivity contribution in [1.29, 1.82) is 0 Å². The molecule has 0 aliphatic rings. The number of hydrogen-bond acceptors (Lipinski definition) is 4. The van der Waals surface area contributed by atoms with Gasteiger partial charge in [-0.1, -0.05) is 38.1 Å². The summed E-state index contributed by atoms with van der Waals surface area (Å²) < 4.78 is 0. The topological polar surface area (TPSA) is 28.2 Å². The molecule has 0 atom stereocenters. The van der Waals surface area contributed by atoms with Crippen LogP contribution in [0.4, 0.5) is 5.13 Å². The van der Waals surface area contributed by atoms with Crippen LogP contribution in [0.1, 0.15) is 35.5 Å². The molecule has 0 unspecified atom stereocenters. The van der Waals surface area contributed by atoms with Crippen LogP contribution in [0.25, 0.3) is 0 Å². The van der Waals surface area contributed by atoms with Gasteiger partial charge < -0.3 is 10.2 Å². The molecule has 21 heavy (non-hydrogen) atoms. The summed E-state index contributed by atoms with van der Waals surface area (Å²) in [6.45, 7) is 10.4. The van der Waals surface area contributed by atoms with Crippen LogP contribution in [0.5, 0.6) is 0 Å². The first-order valence-corrected chi connectivity index (χ1v) is 8.24. The van der Waals surface area contributed by atoms with Crippen LogP contribution in [0, 0.1) is 13.8 Å². The lowest BCUT2D eigenvalue weighted by Crippen LogP contribution is -2.21. The van der Waals surface area contributed by atoms with E-state index in [2.05, 4.69) is 69.2 Å². The van der Waals surface area contributed by atoms with Gasteiger partial charge in [-0.2, -0.15) is 0 Å². The van der Waals surface area contributed by atoms with Crippen LogP contribution in [0.2, 0.25) is 0 Å². The molecule has 0 saturated carbocycles. The van der Waals surface area contributed by atoms with Gasteiger partial charge in [0.15, 0.2) is 5.13 Å². The lowest BCUT2D eigenvalue weighted by Gasteiger charge is -2.17. The van der Waals surface area contributed by atoms with Crippen molar-refractivity contribution in [2.45, 2.75) is 46.8 Å². The van der Waals surface area contributed by atoms with Gasteiger partial charge in [0.2, 0.25) is 0 Å². The maximum absolute atomic E-state index is 4.72. The highest BCUT2D eigenvalue weighted by atomic mass is 32.1. The Morgan fingerprint density at radius 2 is 1.95 bits per heavy atom. The fourth-order valence-corrected chi connectivity index (χ4v) is 3.12. The lowest BCUT2D eigenvalue weighted by molar-refractivity contribution is 0.591. The Balaban J connectivity index is 2.07. The van der Waals surface area contributed by atoms with Crippen LogP contribution in [-0.4, -0.2) is 18.1 Å². The normalized spacial score (nSPS) is 11.1. The van der Waals surface area contributed by atoms with Crippen molar-refractivity contribution < 1.29 is 0 Å². The maximum atomic E-state index is 4.72. The first-order chi connectivity index (χ1) is 9.97. The Morgan fingerprint density at radius 3 is 2.62 bits per heavy atom. The Hall–Kier alpha value is -1.39. The fraction of sp³-hybridized carbons (Fsp3) is 0.471. The summed E-state index contributed by atoms with van der Waals surface area (Å²) in [5, 5.41) is 4.56. The van der Waals surface area contributed by atoms with Gasteiger partial charge in [-0.3, -0.25) is 0 Å². The number of aromatic nitrogens is 1. The standard InChI is InChI=1S/C17H25N3S/c1-12(2)18-10-16-14(4)19-17(21-16)20(5)11-15-9-7-6-8-13(15)3/h6-9,12,18H,10-11H2,1-5H3. The molecule has 3 nitrogen and oxygen atoms in total. The van der Waals surface area contributed by atoms with Crippen molar-refractivity contribution in [2.24, 2.45) is 0 Å². The van der Waals surface area contributed by atoms with E-state index in [1.54, 1.807) is 11.3 Å². The Bertz CT molecular complexity index is 589. The summed E-state index contributed by atoms with van der Waals surface area (Å²) in [6, 6.07) is 9.03. The predicted octanol–water partition coefficient (Wildman–Crippen LogP) is 3.89. The zero-order chi connectivity index (χ0) is 15.4. The minimum absolute atomic E-state index is 0.500. The number of rotatable bonds is 6. The zero-order valence-corrected chi connectivity index (χ0v) is 14.4. The molecule has 0 amide bonds. The molecule has 0 fully saturated rings. The van der Waals surface area contributed by atoms with Gasteiger partial charge in [-0.05, 0) is 25.0 Å². The number of hydrogen-bond donors (Lipinski definition) is 1. The number of aryl methyl sites for hydroxylation is 2. The molecule has 2 aromatic rings. The van der Waals surface area contributed by atoms with Gasteiger partial charge in [-0.25, -0.2) is 4.98 Å². The van der Waals surface area contributed by atoms with E-state index in [-0.39, 0.29) is 0 Å². The van der Waals surface area contributed by atoms with Gasteiger partial charge in [0, 0.05) is 31.1 Å². The number of anilines is 1. The monoisotopic (exact) mass is 303 g/mol. The smallest absolute Gasteiger partial charge is 0.185 e. The van der Waals surface area contributed by atoms with Gasteiger partial charge >= 0.3 is 0 Å². The number of nitrogens with one attached hydrogen (secondary N) is 1. The summed E-state index contributed by atoms with van der Waals surface area (Å²) in [5.74, 6) is 0. The Labute approximate surface area is 132 Å². The quantitative estimate of drug-likeness (QED) is 0.877. The molecule has 0 saturated heterocycles. The van der Waals surface area contributed by atoms with E-state index < -0.39 is 0 Å². The molecule has 0 aliphatic carbocycles. The van der Waals surface area contributed by atoms with Crippen molar-refractivity contribution in [3.63, 3.8) is 0 Å². The number of thiazole rings is 1. The van der Waals surface area contributed by atoms with Crippen LogP contribution in [-0.2, 0) is 13.1 Å². The third kappa shape index (κ3) is 4.29. The van der Waals surface area contributed by atoms with E-state index in [4.69, 9.17) is 4.98 Å². The second-order valence-electron chi connectivity index (χ2n) is 5.82. The van der Waals surface area contributed by atoms with E-state index in [1.807, 2.05) is 0 Å². The van der Waals surface area contributed by atoms with Crippen LogP contribution in [0.15, 0.2) is 24.3 Å². The second kappa shape index (κ2) is 7.05. The average molecular weight is 303 g/mol. The molecule has 2 rings (SSSR count). The molecule has 1 N–H and O–H groups in total. The fourth-order valence-electron chi connectivity index (χ4n) is 2.15. The highest BCUT2D eigenvalue weighted by Gasteiger charge is 2.12. The SMILES string of the molecule is Cc1ccccc1CN(C)c1nc(C)c(CNC(C)C)s1. The van der Waals surface area contributed by atoms with Crippen molar-refractivity contribution >= 4 is 16.5 Å². The largest absolute Gasteiger partial charge is 0.347 e. The van der Waals surface area contributed by atoms with E-state index >= 15 is 0 Å². The van der Waals surface area contributed by atoms with Crippen LogP contribution >= 0.6 is 11.3 Å². The first-order valence-electron chi connectivity index (χ1n) is 7.42. The maximum Gasteiger partial charge on any atom is 0.185 e. The van der Waals surface area contributed by atoms with Crippen molar-refractivity contribution in [2.75, 3.05) is 11.9 Å². The third-order valence-electron chi connectivity index (χ3n) is 3.55.